The lowest BCUT2D eigenvalue weighted by Gasteiger charge is -2.41. The Hall–Kier alpha value is -2.27. The van der Waals surface area contributed by atoms with E-state index in [0.29, 0.717) is 32.5 Å². The third kappa shape index (κ3) is 6.79. The monoisotopic (exact) mass is 541 g/mol. The number of para-hydroxylation sites is 1. The topological polar surface area (TPSA) is 121 Å². The normalized spacial score (nSPS) is 26.2. The number of rotatable bonds is 9. The fraction of sp³-hybridized carbons (Fsp3) is 0.692. The molecule has 2 atom stereocenters. The minimum absolute atomic E-state index is 0.0524. The number of phenols is 1. The highest BCUT2D eigenvalue weighted by Crippen LogP contribution is 2.45. The molecule has 4 rings (SSSR count). The Balaban J connectivity index is 1.41. The lowest BCUT2D eigenvalue weighted by molar-refractivity contribution is -0.130. The Kier molecular flexibility index (Phi) is 8.13. The van der Waals surface area contributed by atoms with E-state index >= 15 is 0 Å². The quantitative estimate of drug-likeness (QED) is 0.496. The van der Waals surface area contributed by atoms with Crippen LogP contribution in [0.25, 0.3) is 0 Å². The van der Waals surface area contributed by atoms with Crippen LogP contribution >= 0.6 is 0 Å². The van der Waals surface area contributed by atoms with Crippen LogP contribution in [0.4, 0.5) is 8.78 Å². The molecule has 8 nitrogen and oxygen atoms in total. The van der Waals surface area contributed by atoms with Crippen molar-refractivity contribution in [2.45, 2.75) is 75.3 Å². The molecule has 0 aromatic heterocycles. The molecule has 2 saturated heterocycles. The zero-order valence-corrected chi connectivity index (χ0v) is 22.1. The molecule has 1 saturated carbocycles. The molecule has 206 valence electrons. The van der Waals surface area contributed by atoms with Gasteiger partial charge in [-0.3, -0.25) is 14.5 Å². The highest BCUT2D eigenvalue weighted by Gasteiger charge is 2.42. The molecule has 2 unspecified atom stereocenters. The van der Waals surface area contributed by atoms with Gasteiger partial charge in [-0.05, 0) is 62.0 Å². The number of sulfone groups is 1. The molecule has 0 radical (unpaired) electrons. The summed E-state index contributed by atoms with van der Waals surface area (Å²) in [6.07, 6.45) is 4.81. The molecule has 2 aliphatic heterocycles. The van der Waals surface area contributed by atoms with Crippen LogP contribution < -0.4 is 5.73 Å². The van der Waals surface area contributed by atoms with Crippen LogP contribution in [0.3, 0.4) is 0 Å². The van der Waals surface area contributed by atoms with Gasteiger partial charge in [0.15, 0.2) is 9.84 Å². The summed E-state index contributed by atoms with van der Waals surface area (Å²) in [6, 6.07) is 5.55. The van der Waals surface area contributed by atoms with E-state index in [2.05, 4.69) is 4.90 Å². The molecule has 0 spiro atoms. The molecular formula is C26H37F2N3O5S. The number of nitrogens with two attached hydrogens (primary N) is 1. The number of alkyl halides is 2. The van der Waals surface area contributed by atoms with Crippen molar-refractivity contribution in [1.82, 2.24) is 9.80 Å². The zero-order valence-electron chi connectivity index (χ0n) is 21.2. The summed E-state index contributed by atoms with van der Waals surface area (Å²) in [7, 11) is -3.51. The predicted octanol–water partition coefficient (Wildman–Crippen LogP) is 2.90. The fourth-order valence-electron chi connectivity index (χ4n) is 6.45. The van der Waals surface area contributed by atoms with E-state index in [9.17, 15) is 31.9 Å². The van der Waals surface area contributed by atoms with Crippen molar-refractivity contribution in [2.75, 3.05) is 31.6 Å². The van der Waals surface area contributed by atoms with Gasteiger partial charge >= 0.3 is 0 Å². The van der Waals surface area contributed by atoms with Crippen LogP contribution in [0.5, 0.6) is 5.75 Å². The maximum Gasteiger partial charge on any atom is 0.252 e. The maximum absolute atomic E-state index is 13.6. The number of halogens is 2. The summed E-state index contributed by atoms with van der Waals surface area (Å²) in [6.45, 7) is 1.22. The molecule has 2 amide bonds. The van der Waals surface area contributed by atoms with Gasteiger partial charge in [0.2, 0.25) is 11.8 Å². The van der Waals surface area contributed by atoms with Crippen molar-refractivity contribution in [1.29, 1.82) is 0 Å². The van der Waals surface area contributed by atoms with Gasteiger partial charge < -0.3 is 15.7 Å². The number of fused-ring (bicyclic) bond motifs is 2. The van der Waals surface area contributed by atoms with Crippen molar-refractivity contribution < 1.29 is 31.9 Å². The van der Waals surface area contributed by atoms with Crippen molar-refractivity contribution >= 4 is 21.7 Å². The Morgan fingerprint density at radius 1 is 1.14 bits per heavy atom. The Morgan fingerprint density at radius 3 is 2.32 bits per heavy atom. The molecule has 37 heavy (non-hydrogen) atoms. The van der Waals surface area contributed by atoms with Crippen LogP contribution in [-0.2, 0) is 14.6 Å². The number of benzene rings is 1. The second kappa shape index (κ2) is 10.8. The van der Waals surface area contributed by atoms with Gasteiger partial charge in [-0.1, -0.05) is 12.1 Å². The van der Waals surface area contributed by atoms with Crippen LogP contribution in [0.1, 0.15) is 73.2 Å². The molecule has 2 heterocycles. The van der Waals surface area contributed by atoms with Crippen molar-refractivity contribution in [3.05, 3.63) is 29.3 Å². The lowest BCUT2D eigenvalue weighted by atomic mass is 9.83. The van der Waals surface area contributed by atoms with E-state index < -0.39 is 33.3 Å². The molecule has 3 fully saturated rings. The van der Waals surface area contributed by atoms with Crippen LogP contribution in [0.15, 0.2) is 18.2 Å². The smallest absolute Gasteiger partial charge is 0.252 e. The average molecular weight is 542 g/mol. The lowest BCUT2D eigenvalue weighted by Crippen LogP contribution is -2.48. The van der Waals surface area contributed by atoms with Gasteiger partial charge in [0.05, 0.1) is 5.56 Å². The van der Waals surface area contributed by atoms with Gasteiger partial charge in [-0.15, -0.1) is 0 Å². The van der Waals surface area contributed by atoms with Crippen molar-refractivity contribution in [3.8, 4) is 5.75 Å². The molecule has 1 aliphatic carbocycles. The van der Waals surface area contributed by atoms with E-state index in [4.69, 9.17) is 5.73 Å². The first-order valence-corrected chi connectivity index (χ1v) is 15.1. The number of primary amides is 1. The minimum Gasteiger partial charge on any atom is -0.507 e. The number of piperidine rings is 1. The number of carbonyl (C=O) groups excluding carboxylic acids is 2. The van der Waals surface area contributed by atoms with E-state index in [1.165, 1.54) is 6.07 Å². The molecule has 3 aliphatic rings. The largest absolute Gasteiger partial charge is 0.507 e. The van der Waals surface area contributed by atoms with Gasteiger partial charge in [0.25, 0.3) is 5.91 Å². The summed E-state index contributed by atoms with van der Waals surface area (Å²) in [5.74, 6) is -4.42. The summed E-state index contributed by atoms with van der Waals surface area (Å²) >= 11 is 0. The Bertz CT molecular complexity index is 1110. The minimum atomic E-state index is -3.51. The van der Waals surface area contributed by atoms with Gasteiger partial charge in [0, 0.05) is 50.8 Å². The highest BCUT2D eigenvalue weighted by atomic mass is 32.2. The summed E-state index contributed by atoms with van der Waals surface area (Å²) in [4.78, 5) is 28.5. The molecule has 11 heteroatoms. The summed E-state index contributed by atoms with van der Waals surface area (Å²) in [5.41, 5.74) is 6.25. The first-order chi connectivity index (χ1) is 17.3. The van der Waals surface area contributed by atoms with Crippen molar-refractivity contribution in [3.63, 3.8) is 0 Å². The number of hydrogen-bond acceptors (Lipinski definition) is 6. The predicted molar refractivity (Wildman–Crippen MR) is 135 cm³/mol. The first-order valence-electron chi connectivity index (χ1n) is 13.0. The van der Waals surface area contributed by atoms with Gasteiger partial charge in [-0.25, -0.2) is 17.2 Å². The van der Waals surface area contributed by atoms with E-state index in [1.807, 2.05) is 6.07 Å². The summed E-state index contributed by atoms with van der Waals surface area (Å²) in [5, 5.41) is 10.6. The van der Waals surface area contributed by atoms with Crippen LogP contribution in [-0.4, -0.2) is 84.8 Å². The third-order valence-electron chi connectivity index (χ3n) is 8.34. The molecule has 1 aromatic rings. The van der Waals surface area contributed by atoms with Crippen LogP contribution in [0.2, 0.25) is 0 Å². The molecular weight excluding hydrogens is 504 g/mol. The Labute approximate surface area is 217 Å². The third-order valence-corrected chi connectivity index (χ3v) is 9.11. The van der Waals surface area contributed by atoms with Gasteiger partial charge in [-0.2, -0.15) is 0 Å². The zero-order chi connectivity index (χ0) is 27.0. The van der Waals surface area contributed by atoms with Crippen LogP contribution in [0, 0.1) is 5.92 Å². The number of carbonyl (C=O) groups is 2. The van der Waals surface area contributed by atoms with Gasteiger partial charge in [0.1, 0.15) is 11.5 Å². The number of aromatic hydroxyl groups is 1. The second-order valence-electron chi connectivity index (χ2n) is 11.1. The number of nitrogens with zero attached hydrogens (tertiary/aromatic N) is 2. The van der Waals surface area contributed by atoms with Crippen molar-refractivity contribution in [2.24, 2.45) is 11.7 Å². The average Bonchev–Trinajstić information content (AvgIpc) is 3.03. The van der Waals surface area contributed by atoms with E-state index in [-0.39, 0.29) is 48.1 Å². The maximum atomic E-state index is 13.6. The number of amides is 2. The molecule has 3 N–H and O–H groups in total. The van der Waals surface area contributed by atoms with E-state index in [1.54, 1.807) is 11.0 Å². The highest BCUT2D eigenvalue weighted by molar-refractivity contribution is 7.91. The SMILES string of the molecule is CS(=O)(=O)CC(=O)N(CCN1C2CCC1CC(c1cccc(C(N)=O)c1O)C2)CC1CCC(F)(F)CC1. The second-order valence-corrected chi connectivity index (χ2v) is 13.2. The number of hydrogen-bond donors (Lipinski definition) is 2. The Morgan fingerprint density at radius 2 is 1.76 bits per heavy atom. The van der Waals surface area contributed by atoms with E-state index in [0.717, 1.165) is 37.5 Å². The summed E-state index contributed by atoms with van der Waals surface area (Å²) < 4.78 is 50.8. The fourth-order valence-corrected chi connectivity index (χ4v) is 7.08. The molecule has 1 aromatic carbocycles. The molecule has 2 bridgehead atoms. The first kappa shape index (κ1) is 27.8. The standard InChI is InChI=1S/C26H37F2N3O5S/c1-37(35,36)16-23(32)30(15-17-7-9-26(27,28)10-8-17)11-12-31-19-5-6-20(31)14-18(13-19)21-3-2-4-22(24(21)33)25(29)34/h2-4,17-20,33H,5-16H2,1H3,(H2,29,34).